The smallest absolute Gasteiger partial charge is 0.192 e. The maximum absolute atomic E-state index is 14.1. The lowest BCUT2D eigenvalue weighted by Crippen LogP contribution is -2.39. The Kier molecular flexibility index (Phi) is 7.00. The number of hydrogen-bond acceptors (Lipinski definition) is 4. The molecular weight excluding hydrogens is 383 g/mol. The van der Waals surface area contributed by atoms with Gasteiger partial charge in [0.25, 0.3) is 0 Å². The van der Waals surface area contributed by atoms with E-state index < -0.39 is 5.82 Å². The number of nitrogens with zero attached hydrogens (tertiary/aromatic N) is 4. The molecule has 158 valence electrons. The summed E-state index contributed by atoms with van der Waals surface area (Å²) in [5, 5.41) is 14.9. The molecule has 0 aliphatic heterocycles. The van der Waals surface area contributed by atoms with Crippen molar-refractivity contribution < 1.29 is 9.13 Å². The molecule has 0 saturated heterocycles. The summed E-state index contributed by atoms with van der Waals surface area (Å²) in [7, 11) is 3.37. The zero-order chi connectivity index (χ0) is 21.5. The lowest BCUT2D eigenvalue weighted by atomic mass is 10.1. The van der Waals surface area contributed by atoms with Gasteiger partial charge in [0, 0.05) is 7.05 Å². The normalized spacial score (nSPS) is 12.5. The van der Waals surface area contributed by atoms with Crippen LogP contribution in [0.3, 0.4) is 0 Å². The molecule has 0 saturated carbocycles. The largest absolute Gasteiger partial charge is 0.494 e. The van der Waals surface area contributed by atoms with Crippen LogP contribution in [0.5, 0.6) is 5.75 Å². The van der Waals surface area contributed by atoms with Crippen molar-refractivity contribution in [3.05, 3.63) is 77.1 Å². The third-order valence-electron chi connectivity index (χ3n) is 4.89. The number of hydrogen-bond donors (Lipinski definition) is 2. The Balaban J connectivity index is 1.75. The highest BCUT2D eigenvalue weighted by atomic mass is 19.1. The lowest BCUT2D eigenvalue weighted by molar-refractivity contribution is 0.386. The molecule has 0 fully saturated rings. The quantitative estimate of drug-likeness (QED) is 0.462. The molecule has 2 aromatic carbocycles. The maximum Gasteiger partial charge on any atom is 0.192 e. The molecule has 0 spiro atoms. The van der Waals surface area contributed by atoms with Gasteiger partial charge in [-0.3, -0.25) is 0 Å². The van der Waals surface area contributed by atoms with E-state index in [0.717, 1.165) is 22.8 Å². The van der Waals surface area contributed by atoms with Crippen molar-refractivity contribution in [2.24, 2.45) is 12.0 Å². The molecule has 0 aliphatic carbocycles. The van der Waals surface area contributed by atoms with Crippen molar-refractivity contribution >= 4 is 5.96 Å². The molecule has 30 heavy (non-hydrogen) atoms. The minimum Gasteiger partial charge on any atom is -0.494 e. The fourth-order valence-electron chi connectivity index (χ4n) is 2.91. The van der Waals surface area contributed by atoms with E-state index in [9.17, 15) is 4.39 Å². The summed E-state index contributed by atoms with van der Waals surface area (Å²) in [6.07, 6.45) is 0. The number of guanidine groups is 1. The van der Waals surface area contributed by atoms with Crippen LogP contribution in [0.25, 0.3) is 0 Å². The molecule has 1 heterocycles. The third kappa shape index (κ3) is 5.34. The fraction of sp³-hybridized carbons (Fsp3) is 0.318. The van der Waals surface area contributed by atoms with Gasteiger partial charge in [-0.15, -0.1) is 10.2 Å². The molecule has 0 radical (unpaired) electrons. The van der Waals surface area contributed by atoms with E-state index in [1.165, 1.54) is 13.2 Å². The number of nitrogens with one attached hydrogen (secondary N) is 2. The van der Waals surface area contributed by atoms with Crippen LogP contribution < -0.4 is 15.4 Å². The summed E-state index contributed by atoms with van der Waals surface area (Å²) in [5.74, 6) is 2.06. The van der Waals surface area contributed by atoms with Crippen LogP contribution in [0.1, 0.15) is 35.7 Å². The van der Waals surface area contributed by atoms with Gasteiger partial charge >= 0.3 is 0 Å². The zero-order valence-corrected chi connectivity index (χ0v) is 17.7. The van der Waals surface area contributed by atoms with Crippen LogP contribution in [0, 0.1) is 12.7 Å². The van der Waals surface area contributed by atoms with Gasteiger partial charge in [-0.25, -0.2) is 9.38 Å². The van der Waals surface area contributed by atoms with Crippen molar-refractivity contribution in [3.8, 4) is 5.75 Å². The number of aliphatic imine (C=N–C) groups is 1. The Morgan fingerprint density at radius 2 is 1.97 bits per heavy atom. The molecule has 0 aliphatic rings. The van der Waals surface area contributed by atoms with Gasteiger partial charge in [0.05, 0.1) is 26.2 Å². The van der Waals surface area contributed by atoms with Gasteiger partial charge in [-0.05, 0) is 37.1 Å². The van der Waals surface area contributed by atoms with E-state index in [2.05, 4.69) is 25.8 Å². The third-order valence-corrected chi connectivity index (χ3v) is 4.89. The second-order valence-electron chi connectivity index (χ2n) is 6.99. The van der Waals surface area contributed by atoms with Crippen LogP contribution in [0.4, 0.5) is 4.39 Å². The fourth-order valence-corrected chi connectivity index (χ4v) is 2.91. The van der Waals surface area contributed by atoms with Gasteiger partial charge < -0.3 is 19.9 Å². The SMILES string of the molecule is COc1ccc(C(C)NC(=NCc2ccccc2)NCc2nnc(C)n2C)cc1F. The van der Waals surface area contributed by atoms with E-state index in [4.69, 9.17) is 4.74 Å². The minimum absolute atomic E-state index is 0.173. The molecular formula is C22H27FN6O. The van der Waals surface area contributed by atoms with Crippen LogP contribution in [-0.4, -0.2) is 27.8 Å². The molecule has 1 unspecified atom stereocenters. The molecule has 0 bridgehead atoms. The van der Waals surface area contributed by atoms with Crippen LogP contribution >= 0.6 is 0 Å². The zero-order valence-electron chi connectivity index (χ0n) is 17.7. The Bertz CT molecular complexity index is 1000. The molecule has 1 atom stereocenters. The predicted molar refractivity (Wildman–Crippen MR) is 115 cm³/mol. The van der Waals surface area contributed by atoms with Gasteiger partial charge in [0.15, 0.2) is 23.4 Å². The topological polar surface area (TPSA) is 76.4 Å². The summed E-state index contributed by atoms with van der Waals surface area (Å²) < 4.78 is 21.0. The van der Waals surface area contributed by atoms with Crippen molar-refractivity contribution in [3.63, 3.8) is 0 Å². The van der Waals surface area contributed by atoms with E-state index in [1.54, 1.807) is 6.07 Å². The molecule has 8 heteroatoms. The highest BCUT2D eigenvalue weighted by Crippen LogP contribution is 2.21. The number of ether oxygens (including phenoxy) is 1. The molecule has 2 N–H and O–H groups in total. The standard InChI is InChI=1S/C22H27FN6O/c1-15(18-10-11-20(30-4)19(23)12-18)26-22(24-13-17-8-6-5-7-9-17)25-14-21-28-27-16(2)29(21)3/h5-12,15H,13-14H2,1-4H3,(H2,24,25,26). The van der Waals surface area contributed by atoms with E-state index in [1.807, 2.05) is 61.9 Å². The summed E-state index contributed by atoms with van der Waals surface area (Å²) in [6, 6.07) is 14.7. The van der Waals surface area contributed by atoms with E-state index in [-0.39, 0.29) is 11.8 Å². The Morgan fingerprint density at radius 1 is 1.20 bits per heavy atom. The number of aromatic nitrogens is 3. The average Bonchev–Trinajstić information content (AvgIpc) is 3.08. The first-order valence-electron chi connectivity index (χ1n) is 9.75. The van der Waals surface area contributed by atoms with Crippen LogP contribution in [0.15, 0.2) is 53.5 Å². The number of aryl methyl sites for hydroxylation is 1. The molecule has 3 rings (SSSR count). The second-order valence-corrected chi connectivity index (χ2v) is 6.99. The first kappa shape index (κ1) is 21.3. The summed E-state index contributed by atoms with van der Waals surface area (Å²) in [4.78, 5) is 4.69. The highest BCUT2D eigenvalue weighted by molar-refractivity contribution is 5.80. The van der Waals surface area contributed by atoms with Crippen LogP contribution in [-0.2, 0) is 20.1 Å². The molecule has 3 aromatic rings. The summed E-state index contributed by atoms with van der Waals surface area (Å²) in [6.45, 7) is 4.83. The Morgan fingerprint density at radius 3 is 2.60 bits per heavy atom. The highest BCUT2D eigenvalue weighted by Gasteiger charge is 2.13. The number of halogens is 1. The van der Waals surface area contributed by atoms with Crippen molar-refractivity contribution in [1.29, 1.82) is 0 Å². The monoisotopic (exact) mass is 410 g/mol. The Hall–Kier alpha value is -3.42. The minimum atomic E-state index is -0.394. The van der Waals surface area contributed by atoms with Gasteiger partial charge in [0.1, 0.15) is 5.82 Å². The number of methoxy groups -OCH3 is 1. The van der Waals surface area contributed by atoms with Gasteiger partial charge in [-0.2, -0.15) is 0 Å². The van der Waals surface area contributed by atoms with E-state index >= 15 is 0 Å². The predicted octanol–water partition coefficient (Wildman–Crippen LogP) is 3.27. The summed E-state index contributed by atoms with van der Waals surface area (Å²) >= 11 is 0. The number of benzene rings is 2. The van der Waals surface area contributed by atoms with Gasteiger partial charge in [-0.1, -0.05) is 36.4 Å². The molecule has 7 nitrogen and oxygen atoms in total. The maximum atomic E-state index is 14.1. The van der Waals surface area contributed by atoms with E-state index in [0.29, 0.717) is 19.0 Å². The molecule has 1 aromatic heterocycles. The Labute approximate surface area is 176 Å². The van der Waals surface area contributed by atoms with Crippen molar-refractivity contribution in [2.75, 3.05) is 7.11 Å². The first-order chi connectivity index (χ1) is 14.5. The summed E-state index contributed by atoms with van der Waals surface area (Å²) in [5.41, 5.74) is 1.88. The van der Waals surface area contributed by atoms with Crippen molar-refractivity contribution in [2.45, 2.75) is 33.0 Å². The average molecular weight is 410 g/mol. The van der Waals surface area contributed by atoms with Gasteiger partial charge in [0.2, 0.25) is 0 Å². The first-order valence-corrected chi connectivity index (χ1v) is 9.75. The van der Waals surface area contributed by atoms with Crippen LogP contribution in [0.2, 0.25) is 0 Å². The van der Waals surface area contributed by atoms with Crippen molar-refractivity contribution in [1.82, 2.24) is 25.4 Å². The second kappa shape index (κ2) is 9.87. The number of rotatable bonds is 7. The lowest BCUT2D eigenvalue weighted by Gasteiger charge is -2.19. The molecule has 0 amide bonds.